The fourth-order valence-electron chi connectivity index (χ4n) is 1.70. The highest BCUT2D eigenvalue weighted by Crippen LogP contribution is 2.49. The zero-order chi connectivity index (χ0) is 16.8. The Hall–Kier alpha value is -0.910. The summed E-state index contributed by atoms with van der Waals surface area (Å²) >= 11 is 0. The van der Waals surface area contributed by atoms with Crippen LogP contribution in [0.25, 0.3) is 0 Å². The minimum Gasteiger partial charge on any atom is -0.379 e. The zero-order valence-corrected chi connectivity index (χ0v) is 14.8. The van der Waals surface area contributed by atoms with Crippen LogP contribution in [-0.2, 0) is 23.0 Å². The molecule has 0 radical (unpaired) electrons. The minimum absolute atomic E-state index is 0.109. The van der Waals surface area contributed by atoms with Crippen LogP contribution in [0.1, 0.15) is 39.5 Å². The highest BCUT2D eigenvalue weighted by molar-refractivity contribution is 7.48. The van der Waals surface area contributed by atoms with Gasteiger partial charge >= 0.3 is 7.82 Å². The molecule has 0 spiro atoms. The Kier molecular flexibility index (Phi) is 10.9. The smallest absolute Gasteiger partial charge is 0.379 e. The summed E-state index contributed by atoms with van der Waals surface area (Å²) in [5.74, 6) is 0.427. The van der Waals surface area contributed by atoms with Crippen LogP contribution < -0.4 is 4.89 Å². The number of rotatable bonds is 14. The van der Waals surface area contributed by atoms with Gasteiger partial charge in [-0.2, -0.15) is 0 Å². The van der Waals surface area contributed by atoms with Crippen LogP contribution in [0.4, 0.5) is 0 Å². The molecule has 0 saturated heterocycles. The Morgan fingerprint density at radius 1 is 0.913 bits per heavy atom. The second-order valence-corrected chi connectivity index (χ2v) is 6.40. The Morgan fingerprint density at radius 2 is 1.65 bits per heavy atom. The van der Waals surface area contributed by atoms with Crippen LogP contribution >= 0.6 is 7.82 Å². The molecule has 0 aromatic heterocycles. The molecule has 1 aromatic rings. The number of unbranched alkanes of at least 4 members (excludes halogenated alkanes) is 3. The lowest BCUT2D eigenvalue weighted by molar-refractivity contribution is -0.133. The van der Waals surface area contributed by atoms with Crippen LogP contribution in [0.5, 0.6) is 5.75 Å². The fourth-order valence-corrected chi connectivity index (χ4v) is 2.69. The maximum absolute atomic E-state index is 12.5. The first-order valence-electron chi connectivity index (χ1n) is 8.08. The fraction of sp³-hybridized carbons (Fsp3) is 0.625. The van der Waals surface area contributed by atoms with Crippen molar-refractivity contribution in [3.05, 3.63) is 30.3 Å². The van der Waals surface area contributed by atoms with E-state index in [1.165, 1.54) is 0 Å². The second kappa shape index (κ2) is 12.5. The van der Waals surface area contributed by atoms with E-state index in [-0.39, 0.29) is 6.61 Å². The summed E-state index contributed by atoms with van der Waals surface area (Å²) in [5, 5.41) is 0. The summed E-state index contributed by atoms with van der Waals surface area (Å²) in [7, 11) is -3.78. The van der Waals surface area contributed by atoms with Crippen LogP contribution in [0.2, 0.25) is 0 Å². The summed E-state index contributed by atoms with van der Waals surface area (Å²) in [5.41, 5.74) is 0. The first kappa shape index (κ1) is 20.1. The number of hydrogen-bond acceptors (Lipinski definition) is 6. The van der Waals surface area contributed by atoms with Crippen molar-refractivity contribution in [1.29, 1.82) is 0 Å². The van der Waals surface area contributed by atoms with Crippen LogP contribution in [-0.4, -0.2) is 26.4 Å². The molecule has 1 rings (SSSR count). The molecule has 23 heavy (non-hydrogen) atoms. The lowest BCUT2D eigenvalue weighted by atomic mass is 10.2. The third-order valence-electron chi connectivity index (χ3n) is 2.90. The first-order valence-corrected chi connectivity index (χ1v) is 9.54. The Bertz CT molecular complexity index is 439. The normalized spacial score (nSPS) is 13.7. The van der Waals surface area contributed by atoms with Crippen molar-refractivity contribution in [2.75, 3.05) is 26.4 Å². The van der Waals surface area contributed by atoms with Crippen molar-refractivity contribution in [3.8, 4) is 5.75 Å². The van der Waals surface area contributed by atoms with Gasteiger partial charge in [-0.25, -0.2) is 4.57 Å². The molecule has 0 aliphatic carbocycles. The molecule has 0 bridgehead atoms. The van der Waals surface area contributed by atoms with Crippen molar-refractivity contribution in [2.45, 2.75) is 39.5 Å². The van der Waals surface area contributed by atoms with Crippen molar-refractivity contribution in [2.24, 2.45) is 0 Å². The van der Waals surface area contributed by atoms with Crippen molar-refractivity contribution >= 4 is 7.82 Å². The first-order chi connectivity index (χ1) is 11.2. The van der Waals surface area contributed by atoms with Crippen molar-refractivity contribution < 1.29 is 27.9 Å². The van der Waals surface area contributed by atoms with E-state index >= 15 is 0 Å². The van der Waals surface area contributed by atoms with E-state index in [0.717, 1.165) is 25.7 Å². The summed E-state index contributed by atoms with van der Waals surface area (Å²) in [4.78, 5) is 5.05. The third-order valence-corrected chi connectivity index (χ3v) is 4.15. The van der Waals surface area contributed by atoms with E-state index in [9.17, 15) is 4.57 Å². The molecule has 0 N–H and O–H groups in total. The number of hydrogen-bond donors (Lipinski definition) is 0. The lowest BCUT2D eigenvalue weighted by Gasteiger charge is -2.17. The summed E-state index contributed by atoms with van der Waals surface area (Å²) in [6.45, 7) is 5.28. The standard InChI is InChI=1S/C16H27O6P/c1-3-5-6-10-13-19-23(17,20-15-14-18-4-2)22-21-16-11-8-7-9-12-16/h7-9,11-12H,3-6,10,13-15H2,1-2H3. The minimum atomic E-state index is -3.78. The predicted molar refractivity (Wildman–Crippen MR) is 88.3 cm³/mol. The zero-order valence-electron chi connectivity index (χ0n) is 13.9. The van der Waals surface area contributed by atoms with Crippen molar-refractivity contribution in [1.82, 2.24) is 0 Å². The quantitative estimate of drug-likeness (QED) is 0.210. The van der Waals surface area contributed by atoms with E-state index in [1.807, 2.05) is 13.0 Å². The Balaban J connectivity index is 2.43. The van der Waals surface area contributed by atoms with E-state index in [1.54, 1.807) is 24.3 Å². The Morgan fingerprint density at radius 3 is 2.35 bits per heavy atom. The van der Waals surface area contributed by atoms with Gasteiger partial charge in [0.2, 0.25) is 0 Å². The molecular weight excluding hydrogens is 319 g/mol. The molecule has 1 atom stereocenters. The number of phosphoric acid groups is 1. The van der Waals surface area contributed by atoms with Gasteiger partial charge in [0, 0.05) is 6.61 Å². The highest BCUT2D eigenvalue weighted by Gasteiger charge is 2.29. The third kappa shape index (κ3) is 9.74. The number of benzene rings is 1. The van der Waals surface area contributed by atoms with Gasteiger partial charge in [-0.15, -0.1) is 0 Å². The molecule has 132 valence electrons. The second-order valence-electron chi connectivity index (χ2n) is 4.84. The molecule has 1 aromatic carbocycles. The summed E-state index contributed by atoms with van der Waals surface area (Å²) in [6, 6.07) is 8.78. The van der Waals surface area contributed by atoms with Gasteiger partial charge in [0.25, 0.3) is 0 Å². The molecule has 0 heterocycles. The van der Waals surface area contributed by atoms with Gasteiger partial charge < -0.3 is 9.62 Å². The molecule has 7 heteroatoms. The highest BCUT2D eigenvalue weighted by atomic mass is 31.2. The van der Waals surface area contributed by atoms with E-state index < -0.39 is 7.82 Å². The van der Waals surface area contributed by atoms with E-state index in [0.29, 0.717) is 25.6 Å². The van der Waals surface area contributed by atoms with Crippen LogP contribution in [0.15, 0.2) is 30.3 Å². The monoisotopic (exact) mass is 346 g/mol. The number of ether oxygens (including phenoxy) is 1. The van der Waals surface area contributed by atoms with Gasteiger partial charge in [0.05, 0.1) is 19.8 Å². The molecule has 6 nitrogen and oxygen atoms in total. The largest absolute Gasteiger partial charge is 0.511 e. The van der Waals surface area contributed by atoms with E-state index in [2.05, 4.69) is 6.92 Å². The molecule has 0 fully saturated rings. The van der Waals surface area contributed by atoms with Gasteiger partial charge in [0.1, 0.15) is 0 Å². The SMILES string of the molecule is CCCCCCOP(=O)(OCCOCC)OOc1ccccc1. The average Bonchev–Trinajstić information content (AvgIpc) is 2.58. The van der Waals surface area contributed by atoms with Gasteiger partial charge in [-0.3, -0.25) is 9.05 Å². The van der Waals surface area contributed by atoms with Crippen molar-refractivity contribution in [3.63, 3.8) is 0 Å². The van der Waals surface area contributed by atoms with Crippen LogP contribution in [0, 0.1) is 0 Å². The Labute approximate surface area is 138 Å². The van der Waals surface area contributed by atoms with Gasteiger partial charge in [-0.05, 0) is 25.5 Å². The average molecular weight is 346 g/mol. The molecule has 0 amide bonds. The predicted octanol–water partition coefficient (Wildman–Crippen LogP) is 4.76. The molecule has 0 aliphatic rings. The van der Waals surface area contributed by atoms with Gasteiger partial charge in [-0.1, -0.05) is 49.1 Å². The van der Waals surface area contributed by atoms with E-state index in [4.69, 9.17) is 23.3 Å². The number of para-hydroxylation sites is 1. The molecule has 1 unspecified atom stereocenters. The maximum atomic E-state index is 12.5. The topological polar surface area (TPSA) is 63.2 Å². The summed E-state index contributed by atoms with van der Waals surface area (Å²) in [6.07, 6.45) is 4.03. The summed E-state index contributed by atoms with van der Waals surface area (Å²) < 4.78 is 33.2. The van der Waals surface area contributed by atoms with Gasteiger partial charge in [0.15, 0.2) is 5.75 Å². The molecule has 0 saturated carbocycles. The maximum Gasteiger partial charge on any atom is 0.511 e. The molecular formula is C16H27O6P. The number of phosphoric ester groups is 1. The molecule has 0 aliphatic heterocycles. The lowest BCUT2D eigenvalue weighted by Crippen LogP contribution is -2.08. The van der Waals surface area contributed by atoms with Crippen LogP contribution in [0.3, 0.4) is 0 Å².